The Morgan fingerprint density at radius 2 is 1.76 bits per heavy atom. The van der Waals surface area contributed by atoms with Gasteiger partial charge in [-0.2, -0.15) is 5.26 Å². The van der Waals surface area contributed by atoms with Crippen LogP contribution in [0.5, 0.6) is 0 Å². The number of fused-ring (bicyclic) bond motifs is 7. The van der Waals surface area contributed by atoms with Crippen molar-refractivity contribution in [3.63, 3.8) is 0 Å². The topological polar surface area (TPSA) is 96.3 Å². The third kappa shape index (κ3) is 4.11. The van der Waals surface area contributed by atoms with Gasteiger partial charge in [-0.3, -0.25) is 14.4 Å². The first-order chi connectivity index (χ1) is 19.5. The van der Waals surface area contributed by atoms with Gasteiger partial charge < -0.3 is 10.1 Å². The highest BCUT2D eigenvalue weighted by Gasteiger charge is 2.70. The summed E-state index contributed by atoms with van der Waals surface area (Å²) >= 11 is 0. The number of nitriles is 1. The summed E-state index contributed by atoms with van der Waals surface area (Å²) in [6.45, 7) is 16.2. The van der Waals surface area contributed by atoms with Crippen LogP contribution in [0.4, 0.5) is 0 Å². The Kier molecular flexibility index (Phi) is 7.26. The minimum absolute atomic E-state index is 0.0145. The summed E-state index contributed by atoms with van der Waals surface area (Å²) in [7, 11) is 0. The monoisotopic (exact) mass is 572 g/mol. The highest BCUT2D eigenvalue weighted by Crippen LogP contribution is 2.74. The van der Waals surface area contributed by atoms with E-state index in [4.69, 9.17) is 11.2 Å². The number of hydrogen-bond donors (Lipinski definition) is 1. The minimum atomic E-state index is -0.686. The van der Waals surface area contributed by atoms with E-state index >= 15 is 0 Å². The maximum Gasteiger partial charge on any atom is 0.226 e. The number of ether oxygens (including phenoxy) is 1. The summed E-state index contributed by atoms with van der Waals surface area (Å²) in [5.41, 5.74) is -1.13. The standard InChI is InChI=1S/C36H48N2O4/c1-9-17-42-18-16-38-30(41)36-14-12-31(2,3)21-24(36)28-25(39)19-27-33(6)20-23(22-37)29(40)32(4,5)26(33)10-11-34(27,7)35(28,8)13-15-36/h1,19-20,24,26,28H,10-18,21H2,2-8H3,(H,38,41)/t24-,26-,28-,33-,34+,35+,36-/m0/s1. The third-order valence-electron chi connectivity index (χ3n) is 13.0. The van der Waals surface area contributed by atoms with Crippen LogP contribution in [0, 0.1) is 73.9 Å². The number of rotatable bonds is 5. The van der Waals surface area contributed by atoms with E-state index < -0.39 is 16.2 Å². The number of allylic oxidation sites excluding steroid dienone is 4. The van der Waals surface area contributed by atoms with Crippen molar-refractivity contribution in [2.45, 2.75) is 93.4 Å². The second-order valence-electron chi connectivity index (χ2n) is 15.9. The molecule has 0 aromatic heterocycles. The molecule has 3 saturated carbocycles. The molecule has 0 heterocycles. The molecule has 42 heavy (non-hydrogen) atoms. The first-order valence-electron chi connectivity index (χ1n) is 15.8. The fourth-order valence-electron chi connectivity index (χ4n) is 10.6. The second-order valence-corrected chi connectivity index (χ2v) is 15.9. The van der Waals surface area contributed by atoms with Crippen LogP contribution in [0.2, 0.25) is 0 Å². The van der Waals surface area contributed by atoms with Gasteiger partial charge in [0.15, 0.2) is 11.6 Å². The van der Waals surface area contributed by atoms with Gasteiger partial charge in [0.25, 0.3) is 0 Å². The zero-order valence-corrected chi connectivity index (χ0v) is 26.6. The zero-order valence-electron chi connectivity index (χ0n) is 26.6. The van der Waals surface area contributed by atoms with Crippen molar-refractivity contribution in [2.75, 3.05) is 19.8 Å². The van der Waals surface area contributed by atoms with Crippen molar-refractivity contribution in [3.8, 4) is 18.4 Å². The van der Waals surface area contributed by atoms with Gasteiger partial charge in [0.05, 0.1) is 17.6 Å². The van der Waals surface area contributed by atoms with Gasteiger partial charge >= 0.3 is 0 Å². The van der Waals surface area contributed by atoms with Crippen LogP contribution in [0.3, 0.4) is 0 Å². The van der Waals surface area contributed by atoms with Gasteiger partial charge in [0.2, 0.25) is 5.91 Å². The predicted molar refractivity (Wildman–Crippen MR) is 162 cm³/mol. The molecule has 0 aromatic carbocycles. The summed E-state index contributed by atoms with van der Waals surface area (Å²) in [5.74, 6) is 2.22. The van der Waals surface area contributed by atoms with Crippen LogP contribution in [0.15, 0.2) is 23.3 Å². The average molecular weight is 573 g/mol. The summed E-state index contributed by atoms with van der Waals surface area (Å²) in [6.07, 6.45) is 14.9. The minimum Gasteiger partial charge on any atom is -0.367 e. The van der Waals surface area contributed by atoms with Gasteiger partial charge in [-0.25, -0.2) is 0 Å². The van der Waals surface area contributed by atoms with Crippen LogP contribution in [-0.2, 0) is 19.1 Å². The predicted octanol–water partition coefficient (Wildman–Crippen LogP) is 5.97. The van der Waals surface area contributed by atoms with Crippen LogP contribution >= 0.6 is 0 Å². The lowest BCUT2D eigenvalue weighted by Gasteiger charge is -2.69. The van der Waals surface area contributed by atoms with Crippen LogP contribution < -0.4 is 5.32 Å². The second kappa shape index (κ2) is 9.92. The number of amides is 1. The molecule has 6 nitrogen and oxygen atoms in total. The summed E-state index contributed by atoms with van der Waals surface area (Å²) in [6, 6.07) is 2.18. The van der Waals surface area contributed by atoms with Crippen LogP contribution in [0.25, 0.3) is 0 Å². The molecule has 3 fully saturated rings. The molecule has 0 saturated heterocycles. The molecule has 5 aliphatic rings. The Bertz CT molecular complexity index is 1360. The third-order valence-corrected chi connectivity index (χ3v) is 13.0. The molecule has 5 aliphatic carbocycles. The lowest BCUT2D eigenvalue weighted by molar-refractivity contribution is -0.178. The van der Waals surface area contributed by atoms with Crippen LogP contribution in [0.1, 0.15) is 93.4 Å². The zero-order chi connectivity index (χ0) is 30.9. The number of ketones is 2. The van der Waals surface area contributed by atoms with E-state index in [2.05, 4.69) is 51.9 Å². The molecule has 1 N–H and O–H groups in total. The summed E-state index contributed by atoms with van der Waals surface area (Å²) in [5, 5.41) is 13.1. The van der Waals surface area contributed by atoms with Crippen molar-refractivity contribution in [2.24, 2.45) is 50.2 Å². The molecule has 0 radical (unpaired) electrons. The van der Waals surface area contributed by atoms with Crippen molar-refractivity contribution >= 4 is 17.5 Å². The highest BCUT2D eigenvalue weighted by atomic mass is 16.5. The molecule has 0 bridgehead atoms. The van der Waals surface area contributed by atoms with E-state index in [1.165, 1.54) is 0 Å². The van der Waals surface area contributed by atoms with Gasteiger partial charge in [-0.15, -0.1) is 6.42 Å². The quantitative estimate of drug-likeness (QED) is 0.323. The number of nitrogens with zero attached hydrogens (tertiary/aromatic N) is 1. The average Bonchev–Trinajstić information content (AvgIpc) is 2.91. The lowest BCUT2D eigenvalue weighted by Crippen LogP contribution is -2.66. The van der Waals surface area contributed by atoms with Crippen LogP contribution in [-0.4, -0.2) is 37.2 Å². The lowest BCUT2D eigenvalue weighted by atomic mass is 9.34. The number of Topliss-reactive ketones (excluding diaryl/α,β-unsaturated/α-hetero) is 1. The molecule has 0 unspecified atom stereocenters. The Morgan fingerprint density at radius 3 is 2.43 bits per heavy atom. The van der Waals surface area contributed by atoms with E-state index in [9.17, 15) is 19.6 Å². The van der Waals surface area contributed by atoms with E-state index in [1.807, 2.05) is 26.0 Å². The van der Waals surface area contributed by atoms with Crippen molar-refractivity contribution in [1.82, 2.24) is 5.32 Å². The van der Waals surface area contributed by atoms with Gasteiger partial charge in [0.1, 0.15) is 12.7 Å². The van der Waals surface area contributed by atoms with Crippen molar-refractivity contribution in [1.29, 1.82) is 5.26 Å². The largest absolute Gasteiger partial charge is 0.367 e. The Hall–Kier alpha value is -2.70. The van der Waals surface area contributed by atoms with Crippen molar-refractivity contribution < 1.29 is 19.1 Å². The first-order valence-corrected chi connectivity index (χ1v) is 15.8. The fourth-order valence-corrected chi connectivity index (χ4v) is 10.6. The summed E-state index contributed by atoms with van der Waals surface area (Å²) < 4.78 is 5.41. The SMILES string of the molecule is C#CCOCCNC(=O)[C@]12CCC(C)(C)C[C@H]1[C@H]1C(=O)C=C3[C@@]4(C)C=C(C#N)C(=O)C(C)(C)[C@@H]4CC[C@@]3(C)[C@]1(C)CC2. The number of nitrogens with one attached hydrogen (secondary N) is 1. The molecule has 0 aliphatic heterocycles. The molecule has 0 aromatic rings. The smallest absolute Gasteiger partial charge is 0.226 e. The molecule has 0 spiro atoms. The molecule has 7 atom stereocenters. The van der Waals surface area contributed by atoms with Crippen molar-refractivity contribution in [3.05, 3.63) is 23.3 Å². The molecule has 226 valence electrons. The summed E-state index contributed by atoms with van der Waals surface area (Å²) in [4.78, 5) is 41.9. The van der Waals surface area contributed by atoms with E-state index in [0.29, 0.717) is 13.2 Å². The van der Waals surface area contributed by atoms with Gasteiger partial charge in [-0.05, 0) is 79.1 Å². The van der Waals surface area contributed by atoms with Gasteiger partial charge in [-0.1, -0.05) is 66.0 Å². The van der Waals surface area contributed by atoms with E-state index in [1.54, 1.807) is 0 Å². The number of carbonyl (C=O) groups is 3. The molecule has 5 rings (SSSR count). The maximum atomic E-state index is 14.6. The normalized spacial score (nSPS) is 41.4. The Labute approximate surface area is 252 Å². The number of terminal acetylenes is 1. The molecular weight excluding hydrogens is 524 g/mol. The Balaban J connectivity index is 1.59. The van der Waals surface area contributed by atoms with E-state index in [-0.39, 0.29) is 63.7 Å². The fraction of sp³-hybridized carbons (Fsp3) is 0.722. The molecule has 1 amide bonds. The number of hydrogen-bond acceptors (Lipinski definition) is 5. The molecular formula is C36H48N2O4. The van der Waals surface area contributed by atoms with E-state index in [0.717, 1.165) is 50.5 Å². The Morgan fingerprint density at radius 1 is 1.07 bits per heavy atom. The van der Waals surface area contributed by atoms with Gasteiger partial charge in [0, 0.05) is 23.3 Å². The molecule has 6 heteroatoms. The first kappa shape index (κ1) is 30.7. The maximum absolute atomic E-state index is 14.6. The number of carbonyl (C=O) groups excluding carboxylic acids is 3. The highest BCUT2D eigenvalue weighted by molar-refractivity contribution is 6.04.